The van der Waals surface area contributed by atoms with Gasteiger partial charge in [0.1, 0.15) is 0 Å². The maximum Gasteiger partial charge on any atom is 0.0620 e. The molecule has 0 amide bonds. The van der Waals surface area contributed by atoms with E-state index in [0.717, 1.165) is 32.2 Å². The number of rotatable bonds is 5. The van der Waals surface area contributed by atoms with Gasteiger partial charge in [-0.05, 0) is 51.9 Å². The van der Waals surface area contributed by atoms with Crippen LogP contribution < -0.4 is 10.6 Å². The normalized spacial score (nSPS) is 31.6. The molecule has 17 heavy (non-hydrogen) atoms. The molecule has 2 fully saturated rings. The van der Waals surface area contributed by atoms with Gasteiger partial charge in [-0.1, -0.05) is 0 Å². The number of morpholine rings is 1. The minimum Gasteiger partial charge on any atom is -0.379 e. The smallest absolute Gasteiger partial charge is 0.0620 e. The lowest BCUT2D eigenvalue weighted by molar-refractivity contribution is 0.0740. The molecule has 0 saturated carbocycles. The standard InChI is InChI=1S/C13H27N3O/c1-16-7-2-3-12(10-16)9-14-5-4-13-11-17-8-6-15-13/h12-15H,2-11H2,1H3. The Hall–Kier alpha value is -0.160. The van der Waals surface area contributed by atoms with Crippen LogP contribution in [-0.2, 0) is 4.74 Å². The third-order valence-electron chi connectivity index (χ3n) is 3.82. The first-order chi connectivity index (χ1) is 8.34. The Bertz CT molecular complexity index is 207. The van der Waals surface area contributed by atoms with E-state index in [9.17, 15) is 0 Å². The number of hydrogen-bond acceptors (Lipinski definition) is 4. The van der Waals surface area contributed by atoms with Gasteiger partial charge in [-0.3, -0.25) is 0 Å². The summed E-state index contributed by atoms with van der Waals surface area (Å²) in [5.41, 5.74) is 0. The van der Waals surface area contributed by atoms with Crippen molar-refractivity contribution in [3.8, 4) is 0 Å². The molecular weight excluding hydrogens is 214 g/mol. The molecule has 0 radical (unpaired) electrons. The Kier molecular flexibility index (Phi) is 5.71. The lowest BCUT2D eigenvalue weighted by Crippen LogP contribution is -2.43. The molecule has 0 aliphatic carbocycles. The molecule has 0 aromatic carbocycles. The highest BCUT2D eigenvalue weighted by Crippen LogP contribution is 2.13. The maximum absolute atomic E-state index is 5.45. The van der Waals surface area contributed by atoms with Crippen LogP contribution >= 0.6 is 0 Å². The largest absolute Gasteiger partial charge is 0.379 e. The van der Waals surface area contributed by atoms with Crippen molar-refractivity contribution < 1.29 is 4.74 Å². The number of nitrogens with zero attached hydrogens (tertiary/aromatic N) is 1. The predicted octanol–water partition coefficient (Wildman–Crippen LogP) is 0.296. The fraction of sp³-hybridized carbons (Fsp3) is 1.00. The van der Waals surface area contributed by atoms with Crippen LogP contribution in [0.1, 0.15) is 19.3 Å². The molecule has 2 atom stereocenters. The van der Waals surface area contributed by atoms with Gasteiger partial charge in [0.15, 0.2) is 0 Å². The summed E-state index contributed by atoms with van der Waals surface area (Å²) in [5.74, 6) is 0.851. The molecule has 2 rings (SSSR count). The van der Waals surface area contributed by atoms with Crippen LogP contribution in [0.2, 0.25) is 0 Å². The van der Waals surface area contributed by atoms with Crippen LogP contribution in [-0.4, -0.2) is 63.9 Å². The van der Waals surface area contributed by atoms with E-state index in [2.05, 4.69) is 22.6 Å². The molecule has 2 unspecified atom stereocenters. The Labute approximate surface area is 105 Å². The highest BCUT2D eigenvalue weighted by molar-refractivity contribution is 4.74. The van der Waals surface area contributed by atoms with Crippen molar-refractivity contribution in [1.29, 1.82) is 0 Å². The SMILES string of the molecule is CN1CCCC(CNCCC2COCCN2)C1. The highest BCUT2D eigenvalue weighted by Gasteiger charge is 2.17. The molecule has 2 heterocycles. The molecule has 4 nitrogen and oxygen atoms in total. The topological polar surface area (TPSA) is 36.5 Å². The summed E-state index contributed by atoms with van der Waals surface area (Å²) in [5, 5.41) is 7.09. The minimum atomic E-state index is 0.560. The van der Waals surface area contributed by atoms with Crippen LogP contribution in [0.25, 0.3) is 0 Å². The van der Waals surface area contributed by atoms with E-state index in [-0.39, 0.29) is 0 Å². The van der Waals surface area contributed by atoms with E-state index in [4.69, 9.17) is 4.74 Å². The van der Waals surface area contributed by atoms with Crippen molar-refractivity contribution in [1.82, 2.24) is 15.5 Å². The van der Waals surface area contributed by atoms with Gasteiger partial charge in [0.25, 0.3) is 0 Å². The van der Waals surface area contributed by atoms with Crippen LogP contribution in [0.4, 0.5) is 0 Å². The van der Waals surface area contributed by atoms with Crippen molar-refractivity contribution in [2.24, 2.45) is 5.92 Å². The minimum absolute atomic E-state index is 0.560. The van der Waals surface area contributed by atoms with Gasteiger partial charge in [-0.25, -0.2) is 0 Å². The Morgan fingerprint density at radius 3 is 3.18 bits per heavy atom. The molecule has 4 heteroatoms. The summed E-state index contributed by atoms with van der Waals surface area (Å²) < 4.78 is 5.45. The Morgan fingerprint density at radius 2 is 2.41 bits per heavy atom. The third kappa shape index (κ3) is 4.92. The second-order valence-corrected chi connectivity index (χ2v) is 5.49. The van der Waals surface area contributed by atoms with Crippen molar-refractivity contribution in [2.45, 2.75) is 25.3 Å². The molecule has 2 N–H and O–H groups in total. The molecule has 0 spiro atoms. The zero-order valence-electron chi connectivity index (χ0n) is 11.1. The number of hydrogen-bond donors (Lipinski definition) is 2. The van der Waals surface area contributed by atoms with E-state index in [0.29, 0.717) is 6.04 Å². The summed E-state index contributed by atoms with van der Waals surface area (Å²) in [7, 11) is 2.23. The van der Waals surface area contributed by atoms with Crippen LogP contribution in [0, 0.1) is 5.92 Å². The highest BCUT2D eigenvalue weighted by atomic mass is 16.5. The Balaban J connectivity index is 1.50. The Morgan fingerprint density at radius 1 is 1.47 bits per heavy atom. The third-order valence-corrected chi connectivity index (χ3v) is 3.82. The van der Waals surface area contributed by atoms with E-state index in [1.54, 1.807) is 0 Å². The van der Waals surface area contributed by atoms with E-state index in [1.807, 2.05) is 0 Å². The molecule has 0 aromatic heterocycles. The van der Waals surface area contributed by atoms with Crippen molar-refractivity contribution >= 4 is 0 Å². The van der Waals surface area contributed by atoms with Crippen molar-refractivity contribution in [3.05, 3.63) is 0 Å². The fourth-order valence-electron chi connectivity index (χ4n) is 2.83. The lowest BCUT2D eigenvalue weighted by atomic mass is 9.98. The van der Waals surface area contributed by atoms with Crippen LogP contribution in [0.3, 0.4) is 0 Å². The molecular formula is C13H27N3O. The van der Waals surface area contributed by atoms with Crippen LogP contribution in [0.5, 0.6) is 0 Å². The zero-order chi connectivity index (χ0) is 11.9. The van der Waals surface area contributed by atoms with E-state index in [1.165, 1.54) is 38.9 Å². The van der Waals surface area contributed by atoms with Gasteiger partial charge in [0.2, 0.25) is 0 Å². The lowest BCUT2D eigenvalue weighted by Gasteiger charge is -2.30. The number of likely N-dealkylation sites (tertiary alicyclic amines) is 1. The monoisotopic (exact) mass is 241 g/mol. The molecule has 2 aliphatic heterocycles. The van der Waals surface area contributed by atoms with Gasteiger partial charge in [0.05, 0.1) is 13.2 Å². The fourth-order valence-corrected chi connectivity index (χ4v) is 2.83. The van der Waals surface area contributed by atoms with Gasteiger partial charge < -0.3 is 20.3 Å². The van der Waals surface area contributed by atoms with Gasteiger partial charge in [0, 0.05) is 19.1 Å². The quantitative estimate of drug-likeness (QED) is 0.679. The summed E-state index contributed by atoms with van der Waals surface area (Å²) >= 11 is 0. The molecule has 2 aliphatic rings. The first kappa shape index (κ1) is 13.3. The number of ether oxygens (including phenoxy) is 1. The van der Waals surface area contributed by atoms with Crippen molar-refractivity contribution in [3.63, 3.8) is 0 Å². The van der Waals surface area contributed by atoms with Gasteiger partial charge in [-0.15, -0.1) is 0 Å². The number of nitrogens with one attached hydrogen (secondary N) is 2. The van der Waals surface area contributed by atoms with Gasteiger partial charge >= 0.3 is 0 Å². The average molecular weight is 241 g/mol. The van der Waals surface area contributed by atoms with Crippen molar-refractivity contribution in [2.75, 3.05) is 53.0 Å². The second kappa shape index (κ2) is 7.31. The number of piperidine rings is 1. The first-order valence-electron chi connectivity index (χ1n) is 7.05. The van der Waals surface area contributed by atoms with Crippen LogP contribution in [0.15, 0.2) is 0 Å². The summed E-state index contributed by atoms with van der Waals surface area (Å²) in [6.07, 6.45) is 3.94. The predicted molar refractivity (Wildman–Crippen MR) is 70.3 cm³/mol. The maximum atomic E-state index is 5.45. The van der Waals surface area contributed by atoms with Gasteiger partial charge in [-0.2, -0.15) is 0 Å². The molecule has 100 valence electrons. The molecule has 0 aromatic rings. The summed E-state index contributed by atoms with van der Waals surface area (Å²) in [6, 6.07) is 0.560. The second-order valence-electron chi connectivity index (χ2n) is 5.49. The summed E-state index contributed by atoms with van der Waals surface area (Å²) in [4.78, 5) is 2.45. The molecule has 2 saturated heterocycles. The zero-order valence-corrected chi connectivity index (χ0v) is 11.1. The van der Waals surface area contributed by atoms with E-state index < -0.39 is 0 Å². The average Bonchev–Trinajstić information content (AvgIpc) is 2.36. The first-order valence-corrected chi connectivity index (χ1v) is 7.05. The molecule has 0 bridgehead atoms. The van der Waals surface area contributed by atoms with E-state index >= 15 is 0 Å². The summed E-state index contributed by atoms with van der Waals surface area (Å²) in [6.45, 7) is 7.60.